The highest BCUT2D eigenvalue weighted by Gasteiger charge is 2.33. The second kappa shape index (κ2) is 8.57. The van der Waals surface area contributed by atoms with Crippen LogP contribution in [0.25, 0.3) is 5.82 Å². The summed E-state index contributed by atoms with van der Waals surface area (Å²) < 4.78 is 12.5. The molecule has 1 amide bonds. The molecule has 1 aliphatic rings. The van der Waals surface area contributed by atoms with Gasteiger partial charge in [-0.15, -0.1) is 0 Å². The molecule has 0 N–H and O–H groups in total. The number of pyridine rings is 1. The second-order valence-electron chi connectivity index (χ2n) is 7.46. The van der Waals surface area contributed by atoms with Crippen LogP contribution in [-0.2, 0) is 12.8 Å². The quantitative estimate of drug-likeness (QED) is 0.603. The van der Waals surface area contributed by atoms with E-state index < -0.39 is 0 Å². The molecule has 0 saturated carbocycles. The van der Waals surface area contributed by atoms with Gasteiger partial charge < -0.3 is 14.4 Å². The lowest BCUT2D eigenvalue weighted by Crippen LogP contribution is -2.50. The summed E-state index contributed by atoms with van der Waals surface area (Å²) in [6.45, 7) is 3.49. The van der Waals surface area contributed by atoms with Gasteiger partial charge >= 0.3 is 0 Å². The first-order valence-electron chi connectivity index (χ1n) is 10.1. The number of amides is 1. The zero-order chi connectivity index (χ0) is 21.1. The van der Waals surface area contributed by atoms with E-state index in [2.05, 4.69) is 10.1 Å². The lowest BCUT2D eigenvalue weighted by molar-refractivity contribution is 0.0500. The number of likely N-dealkylation sites (tertiary alicyclic amines) is 1. The summed E-state index contributed by atoms with van der Waals surface area (Å²) in [5.41, 5.74) is 2.70. The Kier molecular flexibility index (Phi) is 5.70. The van der Waals surface area contributed by atoms with Crippen LogP contribution in [0.3, 0.4) is 0 Å². The molecule has 7 nitrogen and oxygen atoms in total. The van der Waals surface area contributed by atoms with Crippen molar-refractivity contribution in [2.45, 2.75) is 19.8 Å². The second-order valence-corrected chi connectivity index (χ2v) is 7.46. The Bertz CT molecular complexity index is 1000. The van der Waals surface area contributed by atoms with Gasteiger partial charge in [0.05, 0.1) is 31.7 Å². The molecule has 0 atom stereocenters. The van der Waals surface area contributed by atoms with Crippen molar-refractivity contribution in [1.82, 2.24) is 19.7 Å². The first-order valence-corrected chi connectivity index (χ1v) is 10.1. The van der Waals surface area contributed by atoms with Crippen LogP contribution in [0, 0.1) is 5.92 Å². The van der Waals surface area contributed by atoms with Crippen LogP contribution < -0.4 is 9.47 Å². The van der Waals surface area contributed by atoms with Crippen LogP contribution in [0.4, 0.5) is 0 Å². The fraction of sp³-hybridized carbons (Fsp3) is 0.348. The highest BCUT2D eigenvalue weighted by atomic mass is 16.5. The monoisotopic (exact) mass is 406 g/mol. The number of hydrogen-bond acceptors (Lipinski definition) is 5. The molecule has 30 heavy (non-hydrogen) atoms. The van der Waals surface area contributed by atoms with Crippen LogP contribution in [0.1, 0.15) is 28.5 Å². The molecule has 0 aliphatic carbocycles. The SMILES string of the molecule is CCc1c(C(=O)N2CC(Cc3cc(OC)cc(OC)c3)C2)cnn1-c1ccccn1. The van der Waals surface area contributed by atoms with Crippen LogP contribution in [-0.4, -0.2) is 52.9 Å². The third kappa shape index (κ3) is 3.87. The van der Waals surface area contributed by atoms with E-state index >= 15 is 0 Å². The summed E-state index contributed by atoms with van der Waals surface area (Å²) in [5.74, 6) is 2.74. The number of benzene rings is 1. The average Bonchev–Trinajstić information content (AvgIpc) is 3.20. The summed E-state index contributed by atoms with van der Waals surface area (Å²) in [6.07, 6.45) is 4.98. The van der Waals surface area contributed by atoms with Crippen molar-refractivity contribution < 1.29 is 14.3 Å². The van der Waals surface area contributed by atoms with E-state index in [-0.39, 0.29) is 5.91 Å². The normalized spacial score (nSPS) is 13.8. The predicted molar refractivity (Wildman–Crippen MR) is 113 cm³/mol. The zero-order valence-electron chi connectivity index (χ0n) is 17.5. The Morgan fingerprint density at radius 2 is 1.87 bits per heavy atom. The molecule has 0 bridgehead atoms. The molecule has 4 rings (SSSR count). The molecule has 1 aromatic carbocycles. The van der Waals surface area contributed by atoms with E-state index in [1.807, 2.05) is 48.2 Å². The van der Waals surface area contributed by atoms with Gasteiger partial charge in [-0.2, -0.15) is 5.10 Å². The van der Waals surface area contributed by atoms with E-state index in [4.69, 9.17) is 9.47 Å². The number of ether oxygens (including phenoxy) is 2. The largest absolute Gasteiger partial charge is 0.497 e. The van der Waals surface area contributed by atoms with E-state index in [9.17, 15) is 4.79 Å². The molecule has 0 spiro atoms. The van der Waals surface area contributed by atoms with E-state index in [0.717, 1.165) is 48.1 Å². The van der Waals surface area contributed by atoms with Gasteiger partial charge in [-0.05, 0) is 48.6 Å². The number of rotatable bonds is 7. The molecule has 1 saturated heterocycles. The minimum atomic E-state index is 0.0357. The van der Waals surface area contributed by atoms with Crippen LogP contribution in [0.2, 0.25) is 0 Å². The molecule has 156 valence electrons. The van der Waals surface area contributed by atoms with Crippen molar-refractivity contribution in [2.75, 3.05) is 27.3 Å². The molecular weight excluding hydrogens is 380 g/mol. The van der Waals surface area contributed by atoms with Crippen molar-refractivity contribution in [3.8, 4) is 17.3 Å². The smallest absolute Gasteiger partial charge is 0.257 e. The van der Waals surface area contributed by atoms with E-state index in [1.54, 1.807) is 31.3 Å². The number of aromatic nitrogens is 3. The van der Waals surface area contributed by atoms with E-state index in [0.29, 0.717) is 17.9 Å². The Hall–Kier alpha value is -3.35. The Labute approximate surface area is 176 Å². The summed E-state index contributed by atoms with van der Waals surface area (Å²) in [4.78, 5) is 19.3. The lowest BCUT2D eigenvalue weighted by Gasteiger charge is -2.39. The number of methoxy groups -OCH3 is 2. The summed E-state index contributed by atoms with van der Waals surface area (Å²) in [6, 6.07) is 11.6. The van der Waals surface area contributed by atoms with Gasteiger partial charge in [-0.25, -0.2) is 9.67 Å². The maximum Gasteiger partial charge on any atom is 0.257 e. The van der Waals surface area contributed by atoms with Crippen molar-refractivity contribution in [1.29, 1.82) is 0 Å². The van der Waals surface area contributed by atoms with Gasteiger partial charge in [0.25, 0.3) is 5.91 Å². The number of carbonyl (C=O) groups is 1. The average molecular weight is 406 g/mol. The molecule has 7 heteroatoms. The van der Waals surface area contributed by atoms with Gasteiger partial charge in [0.2, 0.25) is 0 Å². The summed E-state index contributed by atoms with van der Waals surface area (Å²) >= 11 is 0. The van der Waals surface area contributed by atoms with Gasteiger partial charge in [0.15, 0.2) is 5.82 Å². The molecule has 2 aromatic heterocycles. The maximum absolute atomic E-state index is 13.1. The summed E-state index contributed by atoms with van der Waals surface area (Å²) in [7, 11) is 3.30. The predicted octanol–water partition coefficient (Wildman–Crippen LogP) is 3.16. The minimum Gasteiger partial charge on any atom is -0.497 e. The Balaban J connectivity index is 1.43. The Morgan fingerprint density at radius 1 is 1.13 bits per heavy atom. The maximum atomic E-state index is 13.1. The fourth-order valence-corrected chi connectivity index (χ4v) is 3.92. The fourth-order valence-electron chi connectivity index (χ4n) is 3.92. The van der Waals surface area contributed by atoms with Crippen molar-refractivity contribution in [2.24, 2.45) is 5.92 Å². The summed E-state index contributed by atoms with van der Waals surface area (Å²) in [5, 5.41) is 4.42. The number of hydrogen-bond donors (Lipinski definition) is 0. The number of nitrogens with zero attached hydrogens (tertiary/aromatic N) is 4. The van der Waals surface area contributed by atoms with Crippen LogP contribution in [0.15, 0.2) is 48.8 Å². The molecule has 3 aromatic rings. The molecule has 3 heterocycles. The standard InChI is InChI=1S/C23H26N4O3/c1-4-21-20(13-25-27(21)22-7-5-6-8-24-22)23(28)26-14-17(15-26)9-16-10-18(29-2)12-19(11-16)30-3/h5-8,10-13,17H,4,9,14-15H2,1-3H3. The van der Waals surface area contributed by atoms with Crippen molar-refractivity contribution in [3.05, 3.63) is 65.6 Å². The zero-order valence-corrected chi connectivity index (χ0v) is 17.5. The van der Waals surface area contributed by atoms with Crippen molar-refractivity contribution >= 4 is 5.91 Å². The van der Waals surface area contributed by atoms with Gasteiger partial charge in [0, 0.05) is 25.4 Å². The van der Waals surface area contributed by atoms with Crippen molar-refractivity contribution in [3.63, 3.8) is 0 Å². The molecule has 1 aliphatic heterocycles. The lowest BCUT2D eigenvalue weighted by atomic mass is 9.91. The van der Waals surface area contributed by atoms with Crippen LogP contribution >= 0.6 is 0 Å². The third-order valence-electron chi connectivity index (χ3n) is 5.48. The van der Waals surface area contributed by atoms with Crippen LogP contribution in [0.5, 0.6) is 11.5 Å². The Morgan fingerprint density at radius 3 is 2.47 bits per heavy atom. The molecule has 0 unspecified atom stereocenters. The van der Waals surface area contributed by atoms with Gasteiger partial charge in [0.1, 0.15) is 11.5 Å². The molecular formula is C23H26N4O3. The molecule has 0 radical (unpaired) electrons. The third-order valence-corrected chi connectivity index (χ3v) is 5.48. The number of carbonyl (C=O) groups excluding carboxylic acids is 1. The first kappa shape index (κ1) is 19.9. The molecule has 1 fully saturated rings. The topological polar surface area (TPSA) is 69.5 Å². The highest BCUT2D eigenvalue weighted by Crippen LogP contribution is 2.28. The van der Waals surface area contributed by atoms with Gasteiger partial charge in [-0.3, -0.25) is 4.79 Å². The first-order chi connectivity index (χ1) is 14.6. The highest BCUT2D eigenvalue weighted by molar-refractivity contribution is 5.95. The van der Waals surface area contributed by atoms with E-state index in [1.165, 1.54) is 0 Å². The van der Waals surface area contributed by atoms with Gasteiger partial charge in [-0.1, -0.05) is 13.0 Å². The minimum absolute atomic E-state index is 0.0357.